The molecule has 1 rings (SSSR count). The minimum absolute atomic E-state index is 0.0925. The van der Waals surface area contributed by atoms with E-state index >= 15 is 0 Å². The van der Waals surface area contributed by atoms with E-state index in [0.717, 1.165) is 9.75 Å². The number of thiophene rings is 1. The molecule has 0 aliphatic heterocycles. The maximum atomic E-state index is 8.66. The number of aliphatic hydroxyl groups is 1. The van der Waals surface area contributed by atoms with Gasteiger partial charge >= 0.3 is 0 Å². The molecular formula is C6H9NO2S. The van der Waals surface area contributed by atoms with Gasteiger partial charge in [-0.2, -0.15) is 0 Å². The molecular weight excluding hydrogens is 150 g/mol. The van der Waals surface area contributed by atoms with Gasteiger partial charge < -0.3 is 5.11 Å². The van der Waals surface area contributed by atoms with Crippen molar-refractivity contribution in [3.63, 3.8) is 0 Å². The second-order valence-electron chi connectivity index (χ2n) is 1.84. The molecule has 0 saturated heterocycles. The summed E-state index contributed by atoms with van der Waals surface area (Å²) < 4.78 is 0. The minimum atomic E-state index is 0.0925. The van der Waals surface area contributed by atoms with Gasteiger partial charge in [-0.25, -0.2) is 5.90 Å². The van der Waals surface area contributed by atoms with Gasteiger partial charge in [-0.05, 0) is 12.1 Å². The Kier molecular flexibility index (Phi) is 2.82. The summed E-state index contributed by atoms with van der Waals surface area (Å²) >= 11 is 1.50. The summed E-state index contributed by atoms with van der Waals surface area (Å²) in [6.07, 6.45) is 0. The van der Waals surface area contributed by atoms with E-state index in [0.29, 0.717) is 6.61 Å². The van der Waals surface area contributed by atoms with Gasteiger partial charge in [0, 0.05) is 9.75 Å². The molecule has 4 heteroatoms. The molecule has 10 heavy (non-hydrogen) atoms. The van der Waals surface area contributed by atoms with Crippen molar-refractivity contribution >= 4 is 11.3 Å². The van der Waals surface area contributed by atoms with Crippen LogP contribution in [0.4, 0.5) is 0 Å². The molecule has 0 bridgehead atoms. The SMILES string of the molecule is NOCc1ccc(CO)s1. The van der Waals surface area contributed by atoms with Crippen LogP contribution in [0.25, 0.3) is 0 Å². The molecule has 56 valence electrons. The van der Waals surface area contributed by atoms with E-state index in [1.54, 1.807) is 0 Å². The molecule has 0 radical (unpaired) electrons. The molecule has 0 spiro atoms. The Hall–Kier alpha value is -0.420. The Balaban J connectivity index is 2.59. The first-order chi connectivity index (χ1) is 4.86. The molecule has 0 fully saturated rings. The van der Waals surface area contributed by atoms with Crippen LogP contribution in [0.2, 0.25) is 0 Å². The van der Waals surface area contributed by atoms with Crippen LogP contribution in [0.3, 0.4) is 0 Å². The van der Waals surface area contributed by atoms with Crippen molar-refractivity contribution < 1.29 is 9.94 Å². The Bertz CT molecular complexity index is 199. The van der Waals surface area contributed by atoms with Gasteiger partial charge in [0.1, 0.15) is 6.61 Å². The average molecular weight is 159 g/mol. The van der Waals surface area contributed by atoms with Crippen LogP contribution < -0.4 is 5.90 Å². The fraction of sp³-hybridized carbons (Fsp3) is 0.333. The van der Waals surface area contributed by atoms with Crippen LogP contribution in [-0.2, 0) is 18.1 Å². The predicted octanol–water partition coefficient (Wildman–Crippen LogP) is 0.631. The van der Waals surface area contributed by atoms with Gasteiger partial charge in [0.05, 0.1) is 6.61 Å². The van der Waals surface area contributed by atoms with Crippen LogP contribution in [0, 0.1) is 0 Å². The third kappa shape index (κ3) is 1.78. The first-order valence-corrected chi connectivity index (χ1v) is 3.68. The molecule has 1 heterocycles. The highest BCUT2D eigenvalue weighted by atomic mass is 32.1. The smallest absolute Gasteiger partial charge is 0.102 e. The van der Waals surface area contributed by atoms with E-state index in [9.17, 15) is 0 Å². The lowest BCUT2D eigenvalue weighted by Gasteiger charge is -1.89. The van der Waals surface area contributed by atoms with Crippen molar-refractivity contribution in [2.75, 3.05) is 0 Å². The normalized spacial score (nSPS) is 10.2. The first kappa shape index (κ1) is 7.68. The van der Waals surface area contributed by atoms with Crippen LogP contribution in [-0.4, -0.2) is 5.11 Å². The van der Waals surface area contributed by atoms with Gasteiger partial charge in [0.2, 0.25) is 0 Å². The van der Waals surface area contributed by atoms with Crippen molar-refractivity contribution in [3.05, 3.63) is 21.9 Å². The third-order valence-corrected chi connectivity index (χ3v) is 2.14. The molecule has 0 atom stereocenters. The molecule has 3 N–H and O–H groups in total. The zero-order chi connectivity index (χ0) is 7.40. The van der Waals surface area contributed by atoms with Crippen LogP contribution in [0.15, 0.2) is 12.1 Å². The fourth-order valence-corrected chi connectivity index (χ4v) is 1.47. The van der Waals surface area contributed by atoms with Gasteiger partial charge in [-0.1, -0.05) is 0 Å². The molecule has 1 aromatic heterocycles. The van der Waals surface area contributed by atoms with Crippen molar-refractivity contribution in [2.24, 2.45) is 5.90 Å². The Morgan fingerprint density at radius 3 is 2.70 bits per heavy atom. The van der Waals surface area contributed by atoms with Gasteiger partial charge in [-0.3, -0.25) is 4.84 Å². The molecule has 0 unspecified atom stereocenters. The summed E-state index contributed by atoms with van der Waals surface area (Å²) in [5.74, 6) is 4.86. The maximum absolute atomic E-state index is 8.66. The molecule has 0 aliphatic carbocycles. The first-order valence-electron chi connectivity index (χ1n) is 2.87. The van der Waals surface area contributed by atoms with E-state index in [-0.39, 0.29) is 6.61 Å². The molecule has 0 amide bonds. The molecule has 0 saturated carbocycles. The standard InChI is InChI=1S/C6H9NO2S/c7-9-4-6-2-1-5(3-8)10-6/h1-2,8H,3-4,7H2. The topological polar surface area (TPSA) is 55.5 Å². The second kappa shape index (κ2) is 3.68. The highest BCUT2D eigenvalue weighted by molar-refractivity contribution is 7.11. The number of aliphatic hydroxyl groups excluding tert-OH is 1. The summed E-state index contributed by atoms with van der Waals surface area (Å²) in [6, 6.07) is 3.75. The highest BCUT2D eigenvalue weighted by Crippen LogP contribution is 2.16. The Labute approximate surface area is 63.0 Å². The summed E-state index contributed by atoms with van der Waals surface area (Å²) in [5, 5.41) is 8.66. The predicted molar refractivity (Wildman–Crippen MR) is 39.2 cm³/mol. The largest absolute Gasteiger partial charge is 0.391 e. The molecule has 0 aliphatic rings. The number of hydrogen-bond donors (Lipinski definition) is 2. The average Bonchev–Trinajstić information content (AvgIpc) is 2.37. The zero-order valence-corrected chi connectivity index (χ0v) is 6.23. The lowest BCUT2D eigenvalue weighted by Crippen LogP contribution is -1.96. The van der Waals surface area contributed by atoms with Crippen LogP contribution in [0.5, 0.6) is 0 Å². The van der Waals surface area contributed by atoms with Crippen LogP contribution in [0.1, 0.15) is 9.75 Å². The van der Waals surface area contributed by atoms with E-state index < -0.39 is 0 Å². The monoisotopic (exact) mass is 159 g/mol. The molecule has 3 nitrogen and oxygen atoms in total. The van der Waals surface area contributed by atoms with Gasteiger partial charge in [0.15, 0.2) is 0 Å². The fourth-order valence-electron chi connectivity index (χ4n) is 0.667. The van der Waals surface area contributed by atoms with Crippen molar-refractivity contribution in [3.8, 4) is 0 Å². The third-order valence-electron chi connectivity index (χ3n) is 1.10. The minimum Gasteiger partial charge on any atom is -0.391 e. The lowest BCUT2D eigenvalue weighted by molar-refractivity contribution is 0.126. The quantitative estimate of drug-likeness (QED) is 0.636. The summed E-state index contributed by atoms with van der Waals surface area (Å²) in [4.78, 5) is 6.39. The Morgan fingerprint density at radius 2 is 2.20 bits per heavy atom. The molecule has 1 aromatic rings. The number of hydrogen-bond acceptors (Lipinski definition) is 4. The van der Waals surface area contributed by atoms with E-state index in [2.05, 4.69) is 4.84 Å². The van der Waals surface area contributed by atoms with Crippen LogP contribution >= 0.6 is 11.3 Å². The summed E-state index contributed by atoms with van der Waals surface area (Å²) in [5.41, 5.74) is 0. The Morgan fingerprint density at radius 1 is 1.50 bits per heavy atom. The van der Waals surface area contributed by atoms with E-state index in [1.165, 1.54) is 11.3 Å². The lowest BCUT2D eigenvalue weighted by atomic mass is 10.4. The maximum Gasteiger partial charge on any atom is 0.102 e. The van der Waals surface area contributed by atoms with E-state index in [4.69, 9.17) is 11.0 Å². The van der Waals surface area contributed by atoms with Gasteiger partial charge in [0.25, 0.3) is 0 Å². The zero-order valence-electron chi connectivity index (χ0n) is 5.41. The number of nitrogens with two attached hydrogens (primary N) is 1. The highest BCUT2D eigenvalue weighted by Gasteiger charge is 1.96. The molecule has 0 aromatic carbocycles. The summed E-state index contributed by atoms with van der Waals surface area (Å²) in [6.45, 7) is 0.514. The second-order valence-corrected chi connectivity index (χ2v) is 3.09. The van der Waals surface area contributed by atoms with Crippen molar-refractivity contribution in [1.29, 1.82) is 0 Å². The van der Waals surface area contributed by atoms with Gasteiger partial charge in [-0.15, -0.1) is 11.3 Å². The van der Waals surface area contributed by atoms with Crippen molar-refractivity contribution in [1.82, 2.24) is 0 Å². The number of rotatable bonds is 3. The van der Waals surface area contributed by atoms with Crippen molar-refractivity contribution in [2.45, 2.75) is 13.2 Å². The van der Waals surface area contributed by atoms with E-state index in [1.807, 2.05) is 12.1 Å². The summed E-state index contributed by atoms with van der Waals surface area (Å²) in [7, 11) is 0.